The summed E-state index contributed by atoms with van der Waals surface area (Å²) in [7, 11) is 0. The Labute approximate surface area is 119 Å². The molecule has 0 saturated heterocycles. The molecule has 0 aliphatic carbocycles. The van der Waals surface area contributed by atoms with Crippen LogP contribution in [0.25, 0.3) is 0 Å². The lowest BCUT2D eigenvalue weighted by molar-refractivity contribution is 0.0655. The zero-order valence-electron chi connectivity index (χ0n) is 8.93. The van der Waals surface area contributed by atoms with Gasteiger partial charge in [0.25, 0.3) is 0 Å². The van der Waals surface area contributed by atoms with Gasteiger partial charge in [0.1, 0.15) is 11.9 Å². The van der Waals surface area contributed by atoms with Crippen LogP contribution in [0.5, 0.6) is 0 Å². The number of halogens is 2. The van der Waals surface area contributed by atoms with Gasteiger partial charge < -0.3 is 14.6 Å². The van der Waals surface area contributed by atoms with Crippen molar-refractivity contribution in [3.8, 4) is 0 Å². The van der Waals surface area contributed by atoms with Crippen molar-refractivity contribution in [3.05, 3.63) is 56.4 Å². The van der Waals surface area contributed by atoms with Crippen LogP contribution < -0.4 is 0 Å². The minimum atomic E-state index is -1.16. The number of carboxylic acid groups (broad SMARTS) is 1. The first-order chi connectivity index (χ1) is 8.49. The average molecular weight is 376 g/mol. The molecule has 0 fully saturated rings. The summed E-state index contributed by atoms with van der Waals surface area (Å²) in [5.74, 6) is -1.16. The van der Waals surface area contributed by atoms with Gasteiger partial charge in [0.15, 0.2) is 0 Å². The quantitative estimate of drug-likeness (QED) is 0.860. The maximum absolute atomic E-state index is 10.7. The molecule has 0 aliphatic rings. The molecule has 4 nitrogen and oxygen atoms in total. The SMILES string of the molecule is O=C(O)c1ccc(C(O)c2ccc(Br)c(Br)c2)o1. The van der Waals surface area contributed by atoms with E-state index >= 15 is 0 Å². The lowest BCUT2D eigenvalue weighted by atomic mass is 10.1. The van der Waals surface area contributed by atoms with Crippen LogP contribution in [-0.4, -0.2) is 16.2 Å². The number of benzene rings is 1. The molecule has 2 aromatic rings. The number of rotatable bonds is 3. The highest BCUT2D eigenvalue weighted by molar-refractivity contribution is 9.13. The van der Waals surface area contributed by atoms with Gasteiger partial charge in [-0.3, -0.25) is 0 Å². The monoisotopic (exact) mass is 374 g/mol. The largest absolute Gasteiger partial charge is 0.475 e. The number of carbonyl (C=O) groups is 1. The van der Waals surface area contributed by atoms with Crippen molar-refractivity contribution in [2.24, 2.45) is 0 Å². The van der Waals surface area contributed by atoms with Gasteiger partial charge in [0.2, 0.25) is 5.76 Å². The first-order valence-electron chi connectivity index (χ1n) is 4.95. The molecule has 0 aliphatic heterocycles. The second-order valence-electron chi connectivity index (χ2n) is 3.58. The fourth-order valence-electron chi connectivity index (χ4n) is 1.46. The minimum Gasteiger partial charge on any atom is -0.475 e. The lowest BCUT2D eigenvalue weighted by Crippen LogP contribution is -1.98. The van der Waals surface area contributed by atoms with Crippen molar-refractivity contribution in [2.45, 2.75) is 6.10 Å². The summed E-state index contributed by atoms with van der Waals surface area (Å²) in [6, 6.07) is 8.00. The van der Waals surface area contributed by atoms with Crippen molar-refractivity contribution in [1.82, 2.24) is 0 Å². The van der Waals surface area contributed by atoms with Crippen molar-refractivity contribution in [2.75, 3.05) is 0 Å². The third-order valence-corrected chi connectivity index (χ3v) is 4.25. The van der Waals surface area contributed by atoms with Gasteiger partial charge in [-0.2, -0.15) is 0 Å². The Bertz CT molecular complexity index is 592. The predicted molar refractivity (Wildman–Crippen MR) is 71.6 cm³/mol. The van der Waals surface area contributed by atoms with E-state index in [0.717, 1.165) is 8.95 Å². The molecule has 18 heavy (non-hydrogen) atoms. The molecular formula is C12H8Br2O4. The molecule has 1 aromatic carbocycles. The van der Waals surface area contributed by atoms with Crippen LogP contribution in [0.4, 0.5) is 0 Å². The van der Waals surface area contributed by atoms with E-state index < -0.39 is 12.1 Å². The molecule has 6 heteroatoms. The highest BCUT2D eigenvalue weighted by Crippen LogP contribution is 2.30. The summed E-state index contributed by atoms with van der Waals surface area (Å²) in [5, 5.41) is 18.8. The van der Waals surface area contributed by atoms with E-state index in [0.29, 0.717) is 5.56 Å². The number of aromatic carboxylic acids is 1. The topological polar surface area (TPSA) is 70.7 Å². The second kappa shape index (κ2) is 5.26. The molecule has 1 unspecified atom stereocenters. The Morgan fingerprint density at radius 1 is 1.17 bits per heavy atom. The Morgan fingerprint density at radius 3 is 2.44 bits per heavy atom. The molecule has 1 heterocycles. The van der Waals surface area contributed by atoms with Crippen LogP contribution in [0.2, 0.25) is 0 Å². The molecule has 2 rings (SSSR count). The fourth-order valence-corrected chi connectivity index (χ4v) is 2.10. The number of carboxylic acids is 1. The zero-order valence-corrected chi connectivity index (χ0v) is 12.1. The Hall–Kier alpha value is -1.11. The maximum atomic E-state index is 10.7. The maximum Gasteiger partial charge on any atom is 0.371 e. The van der Waals surface area contributed by atoms with Crippen LogP contribution >= 0.6 is 31.9 Å². The first-order valence-corrected chi connectivity index (χ1v) is 6.53. The summed E-state index contributed by atoms with van der Waals surface area (Å²) in [5.41, 5.74) is 0.608. The first kappa shape index (κ1) is 13.3. The number of aliphatic hydroxyl groups is 1. The third-order valence-electron chi connectivity index (χ3n) is 2.37. The Kier molecular flexibility index (Phi) is 3.89. The van der Waals surface area contributed by atoms with E-state index in [1.165, 1.54) is 12.1 Å². The lowest BCUT2D eigenvalue weighted by Gasteiger charge is -2.09. The van der Waals surface area contributed by atoms with Crippen LogP contribution in [0, 0.1) is 0 Å². The van der Waals surface area contributed by atoms with Crippen molar-refractivity contribution in [1.29, 1.82) is 0 Å². The molecule has 94 valence electrons. The van der Waals surface area contributed by atoms with Crippen LogP contribution in [-0.2, 0) is 0 Å². The molecule has 2 N–H and O–H groups in total. The molecule has 1 aromatic heterocycles. The van der Waals surface area contributed by atoms with Gasteiger partial charge in [-0.15, -0.1) is 0 Å². The molecule has 0 saturated carbocycles. The summed E-state index contributed by atoms with van der Waals surface area (Å²) in [4.78, 5) is 10.7. The van der Waals surface area contributed by atoms with E-state index in [4.69, 9.17) is 9.52 Å². The Balaban J connectivity index is 2.31. The third kappa shape index (κ3) is 2.66. The minimum absolute atomic E-state index is 0.194. The normalized spacial score (nSPS) is 12.4. The fraction of sp³-hybridized carbons (Fsp3) is 0.0833. The number of hydrogen-bond acceptors (Lipinski definition) is 3. The van der Waals surface area contributed by atoms with Crippen molar-refractivity contribution < 1.29 is 19.4 Å². The van der Waals surface area contributed by atoms with Gasteiger partial charge in [-0.05, 0) is 61.7 Å². The second-order valence-corrected chi connectivity index (χ2v) is 5.29. The molecular weight excluding hydrogens is 368 g/mol. The number of aliphatic hydroxyl groups excluding tert-OH is 1. The van der Waals surface area contributed by atoms with Crippen LogP contribution in [0.3, 0.4) is 0 Å². The summed E-state index contributed by atoms with van der Waals surface area (Å²) in [6.07, 6.45) is -0.998. The summed E-state index contributed by atoms with van der Waals surface area (Å²) >= 11 is 6.66. The van der Waals surface area contributed by atoms with Gasteiger partial charge in [-0.1, -0.05) is 6.07 Å². The summed E-state index contributed by atoms with van der Waals surface area (Å²) < 4.78 is 6.72. The molecule has 0 spiro atoms. The van der Waals surface area contributed by atoms with E-state index in [-0.39, 0.29) is 11.5 Å². The zero-order chi connectivity index (χ0) is 13.3. The number of furan rings is 1. The highest BCUT2D eigenvalue weighted by Gasteiger charge is 2.17. The molecule has 0 bridgehead atoms. The smallest absolute Gasteiger partial charge is 0.371 e. The highest BCUT2D eigenvalue weighted by atomic mass is 79.9. The van der Waals surface area contributed by atoms with Crippen LogP contribution in [0.1, 0.15) is 28.0 Å². The van der Waals surface area contributed by atoms with E-state index in [9.17, 15) is 9.90 Å². The standard InChI is InChI=1S/C12H8Br2O4/c13-7-2-1-6(5-8(7)14)11(15)9-3-4-10(18-9)12(16)17/h1-5,11,15H,(H,16,17). The van der Waals surface area contributed by atoms with E-state index in [1.54, 1.807) is 18.2 Å². The van der Waals surface area contributed by atoms with Gasteiger partial charge in [0.05, 0.1) is 0 Å². The van der Waals surface area contributed by atoms with E-state index in [1.807, 2.05) is 0 Å². The number of hydrogen-bond donors (Lipinski definition) is 2. The average Bonchev–Trinajstić information content (AvgIpc) is 2.81. The van der Waals surface area contributed by atoms with Gasteiger partial charge >= 0.3 is 5.97 Å². The van der Waals surface area contributed by atoms with E-state index in [2.05, 4.69) is 31.9 Å². The molecule has 0 amide bonds. The van der Waals surface area contributed by atoms with Crippen LogP contribution in [0.15, 0.2) is 43.7 Å². The van der Waals surface area contributed by atoms with Crippen molar-refractivity contribution >= 4 is 37.8 Å². The van der Waals surface area contributed by atoms with Crippen molar-refractivity contribution in [3.63, 3.8) is 0 Å². The Morgan fingerprint density at radius 2 is 1.89 bits per heavy atom. The van der Waals surface area contributed by atoms with Gasteiger partial charge in [-0.25, -0.2) is 4.79 Å². The molecule has 0 radical (unpaired) electrons. The summed E-state index contributed by atoms with van der Waals surface area (Å²) in [6.45, 7) is 0. The van der Waals surface area contributed by atoms with Gasteiger partial charge in [0, 0.05) is 8.95 Å². The molecule has 1 atom stereocenters. The predicted octanol–water partition coefficient (Wildman–Crippen LogP) is 3.58.